The molecule has 0 saturated heterocycles. The second kappa shape index (κ2) is 11.5. The predicted octanol–water partition coefficient (Wildman–Crippen LogP) is 3.50. The Balaban J connectivity index is 1.66. The molecule has 0 spiro atoms. The van der Waals surface area contributed by atoms with Crippen LogP contribution in [0.5, 0.6) is 11.6 Å². The van der Waals surface area contributed by atoms with Crippen LogP contribution < -0.4 is 9.47 Å². The normalized spacial score (nSPS) is 18.7. The molecule has 0 fully saturated rings. The lowest BCUT2D eigenvalue weighted by molar-refractivity contribution is 0.0325. The molecule has 8 heteroatoms. The lowest BCUT2D eigenvalue weighted by atomic mass is 9.99. The number of hydrogen-bond acceptors (Lipinski definition) is 7. The SMILES string of the molecule is COc1cccc(-c2cnc3c(c2)C(=O)N([C@@H](C)CO)C[C@H](C)[C@H](CN(C)Cc2cccnc2)O3)c1. The third-order valence-corrected chi connectivity index (χ3v) is 6.59. The molecule has 0 radical (unpaired) electrons. The van der Waals surface area contributed by atoms with Crippen LogP contribution in [-0.2, 0) is 6.54 Å². The van der Waals surface area contributed by atoms with Gasteiger partial charge in [-0.1, -0.05) is 25.1 Å². The second-order valence-corrected chi connectivity index (χ2v) is 9.49. The molecule has 1 amide bonds. The third-order valence-electron chi connectivity index (χ3n) is 6.59. The summed E-state index contributed by atoms with van der Waals surface area (Å²) >= 11 is 0. The van der Waals surface area contributed by atoms with Crippen molar-refractivity contribution in [3.63, 3.8) is 0 Å². The fourth-order valence-electron chi connectivity index (χ4n) is 4.46. The zero-order chi connectivity index (χ0) is 25.7. The number of fused-ring (bicyclic) bond motifs is 1. The van der Waals surface area contributed by atoms with E-state index in [1.165, 1.54) is 0 Å². The average Bonchev–Trinajstić information content (AvgIpc) is 2.90. The Morgan fingerprint density at radius 2 is 2.06 bits per heavy atom. The number of carbonyl (C=O) groups excluding carboxylic acids is 1. The molecule has 0 saturated carbocycles. The van der Waals surface area contributed by atoms with E-state index in [9.17, 15) is 9.90 Å². The lowest BCUT2D eigenvalue weighted by Crippen LogP contribution is -2.49. The Hall–Kier alpha value is -3.49. The number of rotatable bonds is 8. The molecule has 1 N–H and O–H groups in total. The zero-order valence-corrected chi connectivity index (χ0v) is 21.3. The summed E-state index contributed by atoms with van der Waals surface area (Å²) in [5.41, 5.74) is 3.19. The van der Waals surface area contributed by atoms with Gasteiger partial charge in [-0.15, -0.1) is 0 Å². The van der Waals surface area contributed by atoms with E-state index in [0.29, 0.717) is 24.5 Å². The van der Waals surface area contributed by atoms with Crippen molar-refractivity contribution >= 4 is 5.91 Å². The number of amides is 1. The van der Waals surface area contributed by atoms with Gasteiger partial charge < -0.3 is 19.5 Å². The number of aliphatic hydroxyl groups is 1. The number of aliphatic hydroxyl groups excluding tert-OH is 1. The van der Waals surface area contributed by atoms with Crippen molar-refractivity contribution < 1.29 is 19.4 Å². The fraction of sp³-hybridized carbons (Fsp3) is 0.393. The van der Waals surface area contributed by atoms with E-state index in [4.69, 9.17) is 9.47 Å². The maximum Gasteiger partial charge on any atom is 0.259 e. The third kappa shape index (κ3) is 5.83. The molecular formula is C28H34N4O4. The molecule has 0 unspecified atom stereocenters. The molecule has 0 bridgehead atoms. The maximum atomic E-state index is 13.7. The Labute approximate surface area is 212 Å². The van der Waals surface area contributed by atoms with E-state index in [1.54, 1.807) is 24.4 Å². The summed E-state index contributed by atoms with van der Waals surface area (Å²) < 4.78 is 11.8. The molecule has 8 nitrogen and oxygen atoms in total. The van der Waals surface area contributed by atoms with Crippen molar-refractivity contribution in [2.75, 3.05) is 33.9 Å². The first kappa shape index (κ1) is 25.6. The number of likely N-dealkylation sites (N-methyl/N-ethyl adjacent to an activating group) is 1. The zero-order valence-electron chi connectivity index (χ0n) is 21.3. The number of carbonyl (C=O) groups is 1. The highest BCUT2D eigenvalue weighted by Gasteiger charge is 2.34. The highest BCUT2D eigenvalue weighted by molar-refractivity contribution is 5.98. The monoisotopic (exact) mass is 490 g/mol. The van der Waals surface area contributed by atoms with Gasteiger partial charge >= 0.3 is 0 Å². The summed E-state index contributed by atoms with van der Waals surface area (Å²) in [5.74, 6) is 0.862. The molecule has 2 aromatic heterocycles. The van der Waals surface area contributed by atoms with Crippen LogP contribution in [0.3, 0.4) is 0 Å². The van der Waals surface area contributed by atoms with Gasteiger partial charge in [0, 0.05) is 49.7 Å². The molecule has 3 heterocycles. The van der Waals surface area contributed by atoms with E-state index in [1.807, 2.05) is 62.6 Å². The highest BCUT2D eigenvalue weighted by Crippen LogP contribution is 2.31. The van der Waals surface area contributed by atoms with Gasteiger partial charge in [0.15, 0.2) is 0 Å². The topological polar surface area (TPSA) is 88.0 Å². The minimum Gasteiger partial charge on any atom is -0.497 e. The predicted molar refractivity (Wildman–Crippen MR) is 138 cm³/mol. The standard InChI is InChI=1S/C28H34N4O4/c1-19-15-32(20(2)18-33)28(34)25-12-23(22-8-5-9-24(11-22)35-4)14-30-27(25)36-26(19)17-31(3)16-21-7-6-10-29-13-21/h5-14,19-20,26,33H,15-18H2,1-4H3/t19-,20-,26-/m0/s1. The van der Waals surface area contributed by atoms with Crippen LogP contribution in [0.1, 0.15) is 29.8 Å². The first-order chi connectivity index (χ1) is 17.4. The summed E-state index contributed by atoms with van der Waals surface area (Å²) in [6.45, 7) is 5.64. The molecule has 36 heavy (non-hydrogen) atoms. The van der Waals surface area contributed by atoms with Gasteiger partial charge in [-0.05, 0) is 49.4 Å². The van der Waals surface area contributed by atoms with Crippen LogP contribution in [0, 0.1) is 5.92 Å². The Kier molecular flexibility index (Phi) is 8.18. The van der Waals surface area contributed by atoms with Crippen molar-refractivity contribution in [2.45, 2.75) is 32.5 Å². The maximum absolute atomic E-state index is 13.7. The average molecular weight is 491 g/mol. The largest absolute Gasteiger partial charge is 0.497 e. The molecular weight excluding hydrogens is 456 g/mol. The van der Waals surface area contributed by atoms with Crippen molar-refractivity contribution in [1.29, 1.82) is 0 Å². The summed E-state index contributed by atoms with van der Waals surface area (Å²) in [4.78, 5) is 26.4. The molecule has 4 rings (SSSR count). The van der Waals surface area contributed by atoms with E-state index in [-0.39, 0.29) is 30.6 Å². The summed E-state index contributed by atoms with van der Waals surface area (Å²) in [7, 11) is 3.66. The van der Waals surface area contributed by atoms with Gasteiger partial charge in [-0.25, -0.2) is 4.98 Å². The second-order valence-electron chi connectivity index (χ2n) is 9.49. The number of methoxy groups -OCH3 is 1. The Morgan fingerprint density at radius 3 is 2.78 bits per heavy atom. The Morgan fingerprint density at radius 1 is 1.22 bits per heavy atom. The number of pyridine rings is 2. The van der Waals surface area contributed by atoms with Gasteiger partial charge in [0.25, 0.3) is 5.91 Å². The van der Waals surface area contributed by atoms with Crippen LogP contribution in [0.4, 0.5) is 0 Å². The number of nitrogens with zero attached hydrogens (tertiary/aromatic N) is 4. The molecule has 3 aromatic rings. The summed E-state index contributed by atoms with van der Waals surface area (Å²) in [6, 6.07) is 13.1. The van der Waals surface area contributed by atoms with Crippen LogP contribution in [0.2, 0.25) is 0 Å². The minimum atomic E-state index is -0.333. The molecule has 0 aliphatic carbocycles. The van der Waals surface area contributed by atoms with E-state index >= 15 is 0 Å². The van der Waals surface area contributed by atoms with Crippen LogP contribution in [0.25, 0.3) is 11.1 Å². The van der Waals surface area contributed by atoms with Crippen molar-refractivity contribution in [3.8, 4) is 22.8 Å². The van der Waals surface area contributed by atoms with Crippen molar-refractivity contribution in [3.05, 3.63) is 72.2 Å². The summed E-state index contributed by atoms with van der Waals surface area (Å²) in [6.07, 6.45) is 5.14. The minimum absolute atomic E-state index is 0.0207. The van der Waals surface area contributed by atoms with Crippen LogP contribution in [0.15, 0.2) is 61.1 Å². The molecule has 1 aliphatic rings. The highest BCUT2D eigenvalue weighted by atomic mass is 16.5. The van der Waals surface area contributed by atoms with Gasteiger partial charge in [0.2, 0.25) is 5.88 Å². The molecule has 1 aromatic carbocycles. The molecule has 190 valence electrons. The summed E-state index contributed by atoms with van der Waals surface area (Å²) in [5, 5.41) is 9.90. The first-order valence-electron chi connectivity index (χ1n) is 12.2. The van der Waals surface area contributed by atoms with Crippen LogP contribution in [-0.4, -0.2) is 76.8 Å². The van der Waals surface area contributed by atoms with Gasteiger partial charge in [0.1, 0.15) is 17.4 Å². The number of benzene rings is 1. The van der Waals surface area contributed by atoms with Crippen LogP contribution >= 0.6 is 0 Å². The van der Waals surface area contributed by atoms with Gasteiger partial charge in [-0.3, -0.25) is 14.7 Å². The molecule has 3 atom stereocenters. The smallest absolute Gasteiger partial charge is 0.259 e. The number of ether oxygens (including phenoxy) is 2. The quantitative estimate of drug-likeness (QED) is 0.517. The van der Waals surface area contributed by atoms with Gasteiger partial charge in [-0.2, -0.15) is 0 Å². The fourth-order valence-corrected chi connectivity index (χ4v) is 4.46. The Bertz CT molecular complexity index is 1170. The lowest BCUT2D eigenvalue weighted by Gasteiger charge is -2.37. The van der Waals surface area contributed by atoms with E-state index < -0.39 is 0 Å². The first-order valence-corrected chi connectivity index (χ1v) is 12.2. The van der Waals surface area contributed by atoms with Crippen molar-refractivity contribution in [1.82, 2.24) is 19.8 Å². The van der Waals surface area contributed by atoms with E-state index in [2.05, 4.69) is 21.8 Å². The molecule has 1 aliphatic heterocycles. The van der Waals surface area contributed by atoms with Crippen molar-refractivity contribution in [2.24, 2.45) is 5.92 Å². The number of hydrogen-bond donors (Lipinski definition) is 1. The number of aromatic nitrogens is 2. The van der Waals surface area contributed by atoms with Gasteiger partial charge in [0.05, 0.1) is 19.8 Å². The van der Waals surface area contributed by atoms with E-state index in [0.717, 1.165) is 29.0 Å².